The second-order valence-corrected chi connectivity index (χ2v) is 5.99. The van der Waals surface area contributed by atoms with E-state index in [1.807, 2.05) is 18.2 Å². The molecule has 3 unspecified atom stereocenters. The van der Waals surface area contributed by atoms with E-state index < -0.39 is 0 Å². The SMILES string of the molecule is COc1cc(C(N)C2CN3CCCC3CO2)ccc1Cl. The Morgan fingerprint density at radius 1 is 1.50 bits per heavy atom. The molecule has 2 heterocycles. The molecule has 110 valence electrons. The number of hydrogen-bond donors (Lipinski definition) is 1. The number of ether oxygens (including phenoxy) is 2. The Balaban J connectivity index is 1.73. The molecule has 2 N–H and O–H groups in total. The molecule has 4 nitrogen and oxygen atoms in total. The maximum Gasteiger partial charge on any atom is 0.137 e. The minimum absolute atomic E-state index is 0.0373. The van der Waals surface area contributed by atoms with Gasteiger partial charge in [0.05, 0.1) is 30.9 Å². The summed E-state index contributed by atoms with van der Waals surface area (Å²) in [4.78, 5) is 2.50. The first kappa shape index (κ1) is 14.1. The van der Waals surface area contributed by atoms with Crippen molar-refractivity contribution in [2.75, 3.05) is 26.8 Å². The lowest BCUT2D eigenvalue weighted by molar-refractivity contribution is -0.0597. The summed E-state index contributed by atoms with van der Waals surface area (Å²) in [7, 11) is 1.61. The van der Waals surface area contributed by atoms with Gasteiger partial charge in [-0.3, -0.25) is 4.90 Å². The van der Waals surface area contributed by atoms with Crippen LogP contribution in [0, 0.1) is 0 Å². The summed E-state index contributed by atoms with van der Waals surface area (Å²) in [6.45, 7) is 2.88. The zero-order chi connectivity index (χ0) is 14.1. The summed E-state index contributed by atoms with van der Waals surface area (Å²) >= 11 is 6.05. The average molecular weight is 297 g/mol. The van der Waals surface area contributed by atoms with Crippen LogP contribution in [0.15, 0.2) is 18.2 Å². The molecule has 2 aliphatic heterocycles. The molecule has 2 aliphatic rings. The Hall–Kier alpha value is -0.810. The van der Waals surface area contributed by atoms with Gasteiger partial charge >= 0.3 is 0 Å². The third-order valence-corrected chi connectivity index (χ3v) is 4.69. The molecular formula is C15H21ClN2O2. The van der Waals surface area contributed by atoms with Gasteiger partial charge in [-0.1, -0.05) is 17.7 Å². The van der Waals surface area contributed by atoms with Crippen LogP contribution in [0.1, 0.15) is 24.4 Å². The average Bonchev–Trinajstić information content (AvgIpc) is 2.94. The molecule has 0 amide bonds. The molecule has 20 heavy (non-hydrogen) atoms. The topological polar surface area (TPSA) is 47.7 Å². The zero-order valence-electron chi connectivity index (χ0n) is 11.7. The third-order valence-electron chi connectivity index (χ3n) is 4.38. The van der Waals surface area contributed by atoms with Gasteiger partial charge in [0.1, 0.15) is 5.75 Å². The van der Waals surface area contributed by atoms with Gasteiger partial charge in [-0.05, 0) is 37.1 Å². The summed E-state index contributed by atoms with van der Waals surface area (Å²) in [6.07, 6.45) is 2.55. The van der Waals surface area contributed by atoms with Crippen LogP contribution in [0.25, 0.3) is 0 Å². The van der Waals surface area contributed by atoms with E-state index in [1.54, 1.807) is 7.11 Å². The smallest absolute Gasteiger partial charge is 0.137 e. The van der Waals surface area contributed by atoms with Crippen molar-refractivity contribution in [3.8, 4) is 5.75 Å². The number of fused-ring (bicyclic) bond motifs is 1. The van der Waals surface area contributed by atoms with Crippen molar-refractivity contribution in [3.63, 3.8) is 0 Å². The van der Waals surface area contributed by atoms with Crippen LogP contribution in [0.3, 0.4) is 0 Å². The number of nitrogens with two attached hydrogens (primary N) is 1. The fourth-order valence-electron chi connectivity index (χ4n) is 3.16. The third kappa shape index (κ3) is 2.66. The van der Waals surface area contributed by atoms with Crippen molar-refractivity contribution in [1.29, 1.82) is 0 Å². The second-order valence-electron chi connectivity index (χ2n) is 5.58. The number of hydrogen-bond acceptors (Lipinski definition) is 4. The van der Waals surface area contributed by atoms with Gasteiger partial charge < -0.3 is 15.2 Å². The lowest BCUT2D eigenvalue weighted by atomic mass is 10.00. The van der Waals surface area contributed by atoms with E-state index in [0.29, 0.717) is 16.8 Å². The Labute approximate surface area is 124 Å². The molecule has 1 aromatic carbocycles. The van der Waals surface area contributed by atoms with Crippen molar-refractivity contribution >= 4 is 11.6 Å². The second kappa shape index (κ2) is 5.90. The van der Waals surface area contributed by atoms with E-state index in [-0.39, 0.29) is 12.1 Å². The Bertz CT molecular complexity index is 483. The Morgan fingerprint density at radius 2 is 2.35 bits per heavy atom. The summed E-state index contributed by atoms with van der Waals surface area (Å²) < 4.78 is 11.2. The van der Waals surface area contributed by atoms with E-state index in [2.05, 4.69) is 4.90 Å². The Kier molecular flexibility index (Phi) is 4.17. The van der Waals surface area contributed by atoms with Crippen LogP contribution in [0.4, 0.5) is 0 Å². The van der Waals surface area contributed by atoms with E-state index in [1.165, 1.54) is 19.4 Å². The number of nitrogens with zero attached hydrogens (tertiary/aromatic N) is 1. The first-order valence-electron chi connectivity index (χ1n) is 7.13. The molecule has 0 bridgehead atoms. The molecule has 1 aromatic rings. The standard InChI is InChI=1S/C15H21ClN2O2/c1-19-13-7-10(4-5-12(13)16)15(17)14-8-18-6-2-3-11(18)9-20-14/h4-5,7,11,14-15H,2-3,6,8-9,17H2,1H3. The zero-order valence-corrected chi connectivity index (χ0v) is 12.5. The van der Waals surface area contributed by atoms with Crippen LogP contribution in [0.5, 0.6) is 5.75 Å². The van der Waals surface area contributed by atoms with Crippen molar-refractivity contribution < 1.29 is 9.47 Å². The summed E-state index contributed by atoms with van der Waals surface area (Å²) in [5.41, 5.74) is 7.38. The van der Waals surface area contributed by atoms with Crippen LogP contribution < -0.4 is 10.5 Å². The van der Waals surface area contributed by atoms with Gasteiger partial charge in [-0.2, -0.15) is 0 Å². The van der Waals surface area contributed by atoms with Gasteiger partial charge in [-0.25, -0.2) is 0 Å². The van der Waals surface area contributed by atoms with Gasteiger partial charge in [0.25, 0.3) is 0 Å². The van der Waals surface area contributed by atoms with Crippen LogP contribution in [0.2, 0.25) is 5.02 Å². The fourth-order valence-corrected chi connectivity index (χ4v) is 3.35. The van der Waals surface area contributed by atoms with Crippen molar-refractivity contribution in [2.24, 2.45) is 5.73 Å². The van der Waals surface area contributed by atoms with Gasteiger partial charge in [-0.15, -0.1) is 0 Å². The minimum Gasteiger partial charge on any atom is -0.495 e. The molecule has 0 spiro atoms. The van der Waals surface area contributed by atoms with Crippen LogP contribution in [-0.2, 0) is 4.74 Å². The Morgan fingerprint density at radius 3 is 3.15 bits per heavy atom. The van der Waals surface area contributed by atoms with Gasteiger partial charge in [0.2, 0.25) is 0 Å². The predicted octanol–water partition coefficient (Wildman–Crippen LogP) is 2.21. The first-order valence-corrected chi connectivity index (χ1v) is 7.51. The molecule has 3 rings (SSSR count). The normalized spacial score (nSPS) is 28.1. The molecule has 5 heteroatoms. The quantitative estimate of drug-likeness (QED) is 0.929. The molecule has 0 saturated carbocycles. The molecule has 0 aliphatic carbocycles. The van der Waals surface area contributed by atoms with Gasteiger partial charge in [0, 0.05) is 12.6 Å². The number of halogens is 1. The maximum absolute atomic E-state index is 6.38. The van der Waals surface area contributed by atoms with E-state index in [9.17, 15) is 0 Å². The molecule has 3 atom stereocenters. The fraction of sp³-hybridized carbons (Fsp3) is 0.600. The maximum atomic E-state index is 6.38. The van der Waals surface area contributed by atoms with E-state index >= 15 is 0 Å². The van der Waals surface area contributed by atoms with E-state index in [0.717, 1.165) is 18.7 Å². The van der Waals surface area contributed by atoms with Crippen molar-refractivity contribution in [3.05, 3.63) is 28.8 Å². The highest BCUT2D eigenvalue weighted by Gasteiger charge is 2.35. The monoisotopic (exact) mass is 296 g/mol. The highest BCUT2D eigenvalue weighted by atomic mass is 35.5. The first-order chi connectivity index (χ1) is 9.69. The molecule has 0 aromatic heterocycles. The highest BCUT2D eigenvalue weighted by molar-refractivity contribution is 6.32. The number of benzene rings is 1. The summed E-state index contributed by atoms with van der Waals surface area (Å²) in [5.74, 6) is 0.662. The molecule has 2 saturated heterocycles. The van der Waals surface area contributed by atoms with Crippen LogP contribution >= 0.6 is 11.6 Å². The van der Waals surface area contributed by atoms with Gasteiger partial charge in [0.15, 0.2) is 0 Å². The number of methoxy groups -OCH3 is 1. The minimum atomic E-state index is -0.150. The number of rotatable bonds is 3. The summed E-state index contributed by atoms with van der Waals surface area (Å²) in [5, 5.41) is 0.604. The highest BCUT2D eigenvalue weighted by Crippen LogP contribution is 2.31. The predicted molar refractivity (Wildman–Crippen MR) is 79.3 cm³/mol. The lowest BCUT2D eigenvalue weighted by Crippen LogP contribution is -2.49. The molecule has 2 fully saturated rings. The largest absolute Gasteiger partial charge is 0.495 e. The summed E-state index contributed by atoms with van der Waals surface area (Å²) in [6, 6.07) is 6.14. The van der Waals surface area contributed by atoms with E-state index in [4.69, 9.17) is 26.8 Å². The lowest BCUT2D eigenvalue weighted by Gasteiger charge is -2.37. The van der Waals surface area contributed by atoms with Crippen molar-refractivity contribution in [1.82, 2.24) is 4.90 Å². The number of morpholine rings is 1. The van der Waals surface area contributed by atoms with Crippen LogP contribution in [-0.4, -0.2) is 43.9 Å². The molecular weight excluding hydrogens is 276 g/mol. The van der Waals surface area contributed by atoms with Crippen molar-refractivity contribution in [2.45, 2.75) is 31.0 Å². The molecule has 0 radical (unpaired) electrons.